The molecule has 144 valence electrons. The molecule has 8 nitrogen and oxygen atoms in total. The lowest BCUT2D eigenvalue weighted by molar-refractivity contribution is -0.143. The molecule has 0 saturated heterocycles. The summed E-state index contributed by atoms with van der Waals surface area (Å²) in [5.41, 5.74) is 0.856. The molecule has 0 spiro atoms. The highest BCUT2D eigenvalue weighted by Crippen LogP contribution is 2.45. The van der Waals surface area contributed by atoms with Crippen LogP contribution >= 0.6 is 0 Å². The minimum atomic E-state index is -0.870. The largest absolute Gasteiger partial charge is 0.491 e. The first-order valence-electron chi connectivity index (χ1n) is 9.09. The first-order chi connectivity index (χ1) is 12.9. The van der Waals surface area contributed by atoms with E-state index in [0.717, 1.165) is 11.4 Å². The number of carbonyl (C=O) groups is 2. The van der Waals surface area contributed by atoms with E-state index in [2.05, 4.69) is 15.6 Å². The lowest BCUT2D eigenvalue weighted by Crippen LogP contribution is -2.34. The molecule has 1 heterocycles. The van der Waals surface area contributed by atoms with Crippen LogP contribution in [0.4, 0.5) is 0 Å². The third-order valence-corrected chi connectivity index (χ3v) is 4.66. The number of hydrogen-bond donors (Lipinski definition) is 2. The van der Waals surface area contributed by atoms with Gasteiger partial charge in [0.1, 0.15) is 5.75 Å². The molecule has 27 heavy (non-hydrogen) atoms. The van der Waals surface area contributed by atoms with Crippen molar-refractivity contribution in [3.8, 4) is 11.4 Å². The van der Waals surface area contributed by atoms with Crippen LogP contribution < -0.4 is 10.1 Å². The van der Waals surface area contributed by atoms with Crippen LogP contribution in [0.15, 0.2) is 24.3 Å². The summed E-state index contributed by atoms with van der Waals surface area (Å²) in [4.78, 5) is 23.7. The number of aliphatic carboxylic acids is 1. The molecule has 8 heteroatoms. The minimum absolute atomic E-state index is 0.0873. The second-order valence-electron chi connectivity index (χ2n) is 7.08. The fraction of sp³-hybridized carbons (Fsp3) is 0.474. The Morgan fingerprint density at radius 2 is 1.96 bits per heavy atom. The summed E-state index contributed by atoms with van der Waals surface area (Å²) < 4.78 is 7.26. The molecule has 1 aromatic carbocycles. The quantitative estimate of drug-likeness (QED) is 0.736. The van der Waals surface area contributed by atoms with Gasteiger partial charge in [0.15, 0.2) is 5.69 Å². The number of nitrogens with zero attached hydrogens (tertiary/aromatic N) is 3. The highest BCUT2D eigenvalue weighted by molar-refractivity contribution is 5.94. The highest BCUT2D eigenvalue weighted by atomic mass is 16.5. The number of carbonyl (C=O) groups excluding carboxylic acids is 1. The van der Waals surface area contributed by atoms with Gasteiger partial charge in [0.2, 0.25) is 0 Å². The monoisotopic (exact) mass is 372 g/mol. The summed E-state index contributed by atoms with van der Waals surface area (Å²) in [6.07, 6.45) is 1.82. The van der Waals surface area contributed by atoms with Gasteiger partial charge < -0.3 is 15.2 Å². The topological polar surface area (TPSA) is 106 Å². The van der Waals surface area contributed by atoms with Gasteiger partial charge >= 0.3 is 5.97 Å². The Labute approximate surface area is 157 Å². The predicted octanol–water partition coefficient (Wildman–Crippen LogP) is 2.21. The third kappa shape index (κ3) is 3.94. The number of rotatable bonds is 8. The molecule has 1 aromatic heterocycles. The highest BCUT2D eigenvalue weighted by Gasteiger charge is 2.50. The third-order valence-electron chi connectivity index (χ3n) is 4.66. The molecule has 1 fully saturated rings. The zero-order valence-corrected chi connectivity index (χ0v) is 15.7. The van der Waals surface area contributed by atoms with E-state index in [4.69, 9.17) is 4.74 Å². The Hall–Kier alpha value is -2.90. The zero-order valence-electron chi connectivity index (χ0n) is 15.7. The second kappa shape index (κ2) is 7.38. The van der Waals surface area contributed by atoms with E-state index in [9.17, 15) is 14.7 Å². The SMILES string of the molecule is CCc1c(C(=O)NCC2(C(=O)O)CC2)nnn1-c1ccc(OC(C)C)cc1. The molecule has 0 atom stereocenters. The maximum atomic E-state index is 12.5. The number of amides is 1. The van der Waals surface area contributed by atoms with E-state index in [0.29, 0.717) is 25.0 Å². The summed E-state index contributed by atoms with van der Waals surface area (Å²) in [5.74, 6) is -0.510. The lowest BCUT2D eigenvalue weighted by Gasteiger charge is -2.12. The van der Waals surface area contributed by atoms with Crippen LogP contribution in [0.25, 0.3) is 5.69 Å². The van der Waals surface area contributed by atoms with E-state index in [-0.39, 0.29) is 18.3 Å². The summed E-state index contributed by atoms with van der Waals surface area (Å²) >= 11 is 0. The lowest BCUT2D eigenvalue weighted by atomic mass is 10.1. The standard InChI is InChI=1S/C19H24N4O4/c1-4-15-16(17(24)20-11-19(9-10-19)18(25)26)21-22-23(15)13-5-7-14(8-6-13)27-12(2)3/h5-8,12H,4,9-11H2,1-3H3,(H,20,24)(H,25,26). The van der Waals surface area contributed by atoms with Crippen molar-refractivity contribution in [1.82, 2.24) is 20.3 Å². The summed E-state index contributed by atoms with van der Waals surface area (Å²) in [7, 11) is 0. The molecule has 1 aliphatic carbocycles. The first kappa shape index (κ1) is 18.9. The Bertz CT molecular complexity index is 838. The van der Waals surface area contributed by atoms with Crippen LogP contribution in [0.3, 0.4) is 0 Å². The van der Waals surface area contributed by atoms with Gasteiger partial charge in [-0.2, -0.15) is 0 Å². The molecule has 1 aliphatic rings. The number of benzene rings is 1. The fourth-order valence-corrected chi connectivity index (χ4v) is 2.89. The average molecular weight is 372 g/mol. The van der Waals surface area contributed by atoms with Crippen LogP contribution in [-0.2, 0) is 11.2 Å². The zero-order chi connectivity index (χ0) is 19.6. The van der Waals surface area contributed by atoms with Crippen molar-refractivity contribution in [2.75, 3.05) is 6.54 Å². The number of ether oxygens (including phenoxy) is 1. The van der Waals surface area contributed by atoms with Gasteiger partial charge in [-0.05, 0) is 57.4 Å². The van der Waals surface area contributed by atoms with Crippen LogP contribution in [0.1, 0.15) is 49.8 Å². The van der Waals surface area contributed by atoms with Gasteiger partial charge in [-0.1, -0.05) is 12.1 Å². The van der Waals surface area contributed by atoms with Gasteiger partial charge in [-0.15, -0.1) is 5.10 Å². The molecule has 0 aliphatic heterocycles. The van der Waals surface area contributed by atoms with Crippen molar-refractivity contribution in [2.24, 2.45) is 5.41 Å². The normalized spacial score (nSPS) is 14.8. The van der Waals surface area contributed by atoms with E-state index < -0.39 is 17.3 Å². The molecule has 3 rings (SSSR count). The van der Waals surface area contributed by atoms with Gasteiger partial charge in [0, 0.05) is 6.54 Å². The van der Waals surface area contributed by atoms with E-state index >= 15 is 0 Å². The van der Waals surface area contributed by atoms with Crippen molar-refractivity contribution in [3.63, 3.8) is 0 Å². The van der Waals surface area contributed by atoms with Gasteiger partial charge in [-0.3, -0.25) is 9.59 Å². The number of aromatic nitrogens is 3. The fourth-order valence-electron chi connectivity index (χ4n) is 2.89. The summed E-state index contributed by atoms with van der Waals surface area (Å²) in [6, 6.07) is 7.41. The number of nitrogens with one attached hydrogen (secondary N) is 1. The Morgan fingerprint density at radius 3 is 2.48 bits per heavy atom. The van der Waals surface area contributed by atoms with Crippen LogP contribution in [0.5, 0.6) is 5.75 Å². The van der Waals surface area contributed by atoms with E-state index in [1.807, 2.05) is 45.0 Å². The first-order valence-corrected chi connectivity index (χ1v) is 9.09. The van der Waals surface area contributed by atoms with Gasteiger partial charge in [0.05, 0.1) is 22.9 Å². The predicted molar refractivity (Wildman–Crippen MR) is 98.1 cm³/mol. The van der Waals surface area contributed by atoms with Crippen molar-refractivity contribution in [1.29, 1.82) is 0 Å². The molecule has 1 amide bonds. The smallest absolute Gasteiger partial charge is 0.311 e. The Balaban J connectivity index is 1.76. The van der Waals surface area contributed by atoms with Crippen molar-refractivity contribution in [2.45, 2.75) is 46.1 Å². The summed E-state index contributed by atoms with van der Waals surface area (Å²) in [5, 5.41) is 20.1. The maximum absolute atomic E-state index is 12.5. The molecule has 2 aromatic rings. The number of hydrogen-bond acceptors (Lipinski definition) is 5. The van der Waals surface area contributed by atoms with Crippen molar-refractivity contribution < 1.29 is 19.4 Å². The molecule has 1 saturated carbocycles. The van der Waals surface area contributed by atoms with Crippen LogP contribution in [0, 0.1) is 5.41 Å². The van der Waals surface area contributed by atoms with E-state index in [1.165, 1.54) is 0 Å². The number of carboxylic acid groups (broad SMARTS) is 1. The van der Waals surface area contributed by atoms with E-state index in [1.54, 1.807) is 4.68 Å². The maximum Gasteiger partial charge on any atom is 0.311 e. The second-order valence-corrected chi connectivity index (χ2v) is 7.08. The molecular formula is C19H24N4O4. The molecule has 0 bridgehead atoms. The van der Waals surface area contributed by atoms with Gasteiger partial charge in [-0.25, -0.2) is 4.68 Å². The van der Waals surface area contributed by atoms with Crippen molar-refractivity contribution in [3.05, 3.63) is 35.7 Å². The molecular weight excluding hydrogens is 348 g/mol. The van der Waals surface area contributed by atoms with Gasteiger partial charge in [0.25, 0.3) is 5.91 Å². The minimum Gasteiger partial charge on any atom is -0.491 e. The Kier molecular flexibility index (Phi) is 5.16. The molecule has 0 unspecified atom stereocenters. The van der Waals surface area contributed by atoms with Crippen molar-refractivity contribution >= 4 is 11.9 Å². The van der Waals surface area contributed by atoms with Crippen LogP contribution in [0.2, 0.25) is 0 Å². The number of carboxylic acids is 1. The average Bonchev–Trinajstić information content (AvgIpc) is 3.31. The molecule has 0 radical (unpaired) electrons. The summed E-state index contributed by atoms with van der Waals surface area (Å²) in [6.45, 7) is 5.95. The Morgan fingerprint density at radius 1 is 1.30 bits per heavy atom. The van der Waals surface area contributed by atoms with Crippen LogP contribution in [-0.4, -0.2) is 44.6 Å². The molecule has 2 N–H and O–H groups in total.